The molecule has 0 radical (unpaired) electrons. The average molecular weight is 472 g/mol. The fourth-order valence-corrected chi connectivity index (χ4v) is 3.76. The molecule has 13 heteroatoms. The van der Waals surface area contributed by atoms with Crippen molar-refractivity contribution in [2.75, 3.05) is 20.2 Å². The van der Waals surface area contributed by atoms with Gasteiger partial charge in [-0.05, 0) is 24.1 Å². The van der Waals surface area contributed by atoms with Crippen LogP contribution in [0, 0.1) is 0 Å². The van der Waals surface area contributed by atoms with Gasteiger partial charge < -0.3 is 14.6 Å². The van der Waals surface area contributed by atoms with Gasteiger partial charge >= 0.3 is 23.3 Å². The molecule has 0 bridgehead atoms. The molecule has 0 amide bonds. The summed E-state index contributed by atoms with van der Waals surface area (Å²) < 4.78 is 45.6. The zero-order valence-electron chi connectivity index (χ0n) is 18.0. The summed E-state index contributed by atoms with van der Waals surface area (Å²) in [7, 11) is 3.14. The molecule has 2 aromatic rings. The number of fused-ring (bicyclic) bond motifs is 1. The van der Waals surface area contributed by atoms with Crippen molar-refractivity contribution < 1.29 is 32.5 Å². The third kappa shape index (κ3) is 5.60. The number of nitrogens with zero attached hydrogens (tertiary/aromatic N) is 4. The van der Waals surface area contributed by atoms with Gasteiger partial charge in [0.05, 0.1) is 13.7 Å². The summed E-state index contributed by atoms with van der Waals surface area (Å²) in [6, 6.07) is 8.02. The van der Waals surface area contributed by atoms with E-state index in [-0.39, 0.29) is 6.61 Å². The van der Waals surface area contributed by atoms with Gasteiger partial charge in [-0.2, -0.15) is 18.3 Å². The van der Waals surface area contributed by atoms with Gasteiger partial charge in [0, 0.05) is 26.7 Å². The van der Waals surface area contributed by atoms with Crippen LogP contribution in [0.1, 0.15) is 17.8 Å². The first kappa shape index (κ1) is 24.5. The number of carboxylic acids is 1. The maximum atomic E-state index is 12.3. The molecule has 1 aromatic heterocycles. The van der Waals surface area contributed by atoms with Gasteiger partial charge in [-0.3, -0.25) is 19.1 Å². The van der Waals surface area contributed by atoms with Crippen LogP contribution in [-0.4, -0.2) is 62.3 Å². The minimum Gasteiger partial charge on any atom is -0.497 e. The van der Waals surface area contributed by atoms with Crippen LogP contribution in [-0.2, 0) is 36.3 Å². The molecular weight excluding hydrogens is 449 g/mol. The van der Waals surface area contributed by atoms with E-state index in [0.717, 1.165) is 36.5 Å². The summed E-state index contributed by atoms with van der Waals surface area (Å²) in [6.45, 7) is 3.04. The minimum absolute atomic E-state index is 0.250. The smallest absolute Gasteiger partial charge is 0.490 e. The highest BCUT2D eigenvalue weighted by molar-refractivity contribution is 5.73. The van der Waals surface area contributed by atoms with E-state index in [2.05, 4.69) is 22.1 Å². The summed E-state index contributed by atoms with van der Waals surface area (Å²) in [6.07, 6.45) is -4.26. The third-order valence-corrected chi connectivity index (χ3v) is 5.46. The van der Waals surface area contributed by atoms with Crippen molar-refractivity contribution in [3.05, 3.63) is 56.4 Å². The Hall–Kier alpha value is -3.19. The van der Waals surface area contributed by atoms with Crippen LogP contribution < -0.4 is 15.9 Å². The molecular formula is C20H23F3N4O6. The number of carboxylic acid groups (broad SMARTS) is 1. The Bertz CT molecular complexity index is 1130. The highest BCUT2D eigenvalue weighted by Gasteiger charge is 2.43. The second kappa shape index (κ2) is 9.35. The Labute approximate surface area is 185 Å². The van der Waals surface area contributed by atoms with Gasteiger partial charge in [0.25, 0.3) is 0 Å². The number of benzene rings is 1. The quantitative estimate of drug-likeness (QED) is 0.651. The SMILES string of the molecule is COc1ccc(CN2CCC3(C2)Cn2c(nn(C)c(=O)c2=O)CO3)cc1.O=C(O)C(F)(F)F. The van der Waals surface area contributed by atoms with E-state index in [0.29, 0.717) is 12.4 Å². The zero-order valence-corrected chi connectivity index (χ0v) is 18.0. The number of alkyl halides is 3. The van der Waals surface area contributed by atoms with Crippen molar-refractivity contribution in [1.29, 1.82) is 0 Å². The van der Waals surface area contributed by atoms with Gasteiger partial charge in [0.2, 0.25) is 0 Å². The lowest BCUT2D eigenvalue weighted by Crippen LogP contribution is -2.52. The maximum absolute atomic E-state index is 12.3. The summed E-state index contributed by atoms with van der Waals surface area (Å²) >= 11 is 0. The highest BCUT2D eigenvalue weighted by atomic mass is 19.4. The molecule has 10 nitrogen and oxygen atoms in total. The standard InChI is InChI=1S/C18H22N4O4.C2HF3O2/c1-20-16(23)17(24)22-12-18(26-10-15(22)19-20)7-8-21(11-18)9-13-3-5-14(25-2)6-4-13;3-2(4,5)1(6)7/h3-6H,7-12H2,1-2H3;(H,6,7). The lowest BCUT2D eigenvalue weighted by molar-refractivity contribution is -0.192. The number of hydrogen-bond donors (Lipinski definition) is 1. The van der Waals surface area contributed by atoms with Crippen LogP contribution in [0.4, 0.5) is 13.2 Å². The summed E-state index contributed by atoms with van der Waals surface area (Å²) in [4.78, 5) is 35.4. The van der Waals surface area contributed by atoms with Crippen molar-refractivity contribution >= 4 is 5.97 Å². The summed E-state index contributed by atoms with van der Waals surface area (Å²) in [5.74, 6) is -1.41. The van der Waals surface area contributed by atoms with Crippen LogP contribution in [0.15, 0.2) is 33.9 Å². The van der Waals surface area contributed by atoms with E-state index in [1.807, 2.05) is 12.1 Å². The molecule has 2 aliphatic heterocycles. The monoisotopic (exact) mass is 472 g/mol. The number of carbonyl (C=O) groups is 1. The minimum atomic E-state index is -5.08. The highest BCUT2D eigenvalue weighted by Crippen LogP contribution is 2.32. The van der Waals surface area contributed by atoms with Gasteiger partial charge in [0.15, 0.2) is 5.82 Å². The number of likely N-dealkylation sites (tertiary alicyclic amines) is 1. The van der Waals surface area contributed by atoms with Crippen molar-refractivity contribution in [2.24, 2.45) is 7.05 Å². The predicted octanol–water partition coefficient (Wildman–Crippen LogP) is 0.759. The van der Waals surface area contributed by atoms with Gasteiger partial charge in [-0.25, -0.2) is 9.48 Å². The second-order valence-corrected chi connectivity index (χ2v) is 7.82. The number of rotatable bonds is 3. The molecule has 1 fully saturated rings. The van der Waals surface area contributed by atoms with Crippen molar-refractivity contribution in [3.63, 3.8) is 0 Å². The Morgan fingerprint density at radius 1 is 1.21 bits per heavy atom. The Morgan fingerprint density at radius 2 is 1.85 bits per heavy atom. The second-order valence-electron chi connectivity index (χ2n) is 7.82. The molecule has 4 rings (SSSR count). The van der Waals surface area contributed by atoms with Crippen LogP contribution >= 0.6 is 0 Å². The molecule has 1 saturated heterocycles. The average Bonchev–Trinajstić information content (AvgIpc) is 3.15. The van der Waals surface area contributed by atoms with E-state index in [1.165, 1.54) is 17.2 Å². The molecule has 1 unspecified atom stereocenters. The van der Waals surface area contributed by atoms with E-state index in [4.69, 9.17) is 19.4 Å². The van der Waals surface area contributed by atoms with Crippen molar-refractivity contribution in [3.8, 4) is 5.75 Å². The van der Waals surface area contributed by atoms with Crippen molar-refractivity contribution in [2.45, 2.75) is 37.9 Å². The molecule has 1 spiro atoms. The number of aryl methyl sites for hydroxylation is 1. The molecule has 1 atom stereocenters. The third-order valence-electron chi connectivity index (χ3n) is 5.46. The maximum Gasteiger partial charge on any atom is 0.490 e. The van der Waals surface area contributed by atoms with Crippen LogP contribution in [0.5, 0.6) is 5.75 Å². The number of methoxy groups -OCH3 is 1. The molecule has 33 heavy (non-hydrogen) atoms. The zero-order chi connectivity index (χ0) is 24.4. The normalized spacial score (nSPS) is 20.2. The first-order valence-corrected chi connectivity index (χ1v) is 9.90. The number of hydrogen-bond acceptors (Lipinski definition) is 7. The molecule has 3 heterocycles. The molecule has 2 aliphatic rings. The first-order valence-electron chi connectivity index (χ1n) is 9.90. The fourth-order valence-electron chi connectivity index (χ4n) is 3.76. The lowest BCUT2D eigenvalue weighted by atomic mass is 10.0. The number of halogens is 3. The lowest BCUT2D eigenvalue weighted by Gasteiger charge is -2.35. The predicted molar refractivity (Wildman–Crippen MR) is 108 cm³/mol. The number of aliphatic carboxylic acids is 1. The van der Waals surface area contributed by atoms with Gasteiger partial charge in [-0.1, -0.05) is 12.1 Å². The Balaban J connectivity index is 0.000000383. The number of aromatic nitrogens is 3. The first-order chi connectivity index (χ1) is 15.4. The van der Waals surface area contributed by atoms with Crippen LogP contribution in [0.3, 0.4) is 0 Å². The topological polar surface area (TPSA) is 116 Å². The van der Waals surface area contributed by atoms with Crippen LogP contribution in [0.25, 0.3) is 0 Å². The van der Waals surface area contributed by atoms with Crippen molar-refractivity contribution in [1.82, 2.24) is 19.2 Å². The van der Waals surface area contributed by atoms with Gasteiger partial charge in [0.1, 0.15) is 18.0 Å². The summed E-state index contributed by atoms with van der Waals surface area (Å²) in [5, 5.41) is 11.3. The van der Waals surface area contributed by atoms with E-state index in [1.54, 1.807) is 7.11 Å². The summed E-state index contributed by atoms with van der Waals surface area (Å²) in [5.41, 5.74) is -0.350. The van der Waals surface area contributed by atoms with E-state index < -0.39 is 28.9 Å². The van der Waals surface area contributed by atoms with Gasteiger partial charge in [-0.15, -0.1) is 0 Å². The number of ether oxygens (including phenoxy) is 2. The molecule has 1 N–H and O–H groups in total. The Morgan fingerprint density at radius 3 is 2.42 bits per heavy atom. The molecule has 0 saturated carbocycles. The van der Waals surface area contributed by atoms with E-state index >= 15 is 0 Å². The van der Waals surface area contributed by atoms with E-state index in [9.17, 15) is 22.8 Å². The molecule has 180 valence electrons. The van der Waals surface area contributed by atoms with Crippen LogP contribution in [0.2, 0.25) is 0 Å². The largest absolute Gasteiger partial charge is 0.497 e. The molecule has 0 aliphatic carbocycles. The molecule has 1 aromatic carbocycles. The Kier molecular flexibility index (Phi) is 6.93. The fraction of sp³-hybridized carbons (Fsp3) is 0.500.